The minimum absolute atomic E-state index is 0.0983. The number of hydrogen-bond acceptors (Lipinski definition) is 5. The molecule has 2 rings (SSSR count). The summed E-state index contributed by atoms with van der Waals surface area (Å²) in [6.07, 6.45) is -4.83. The Bertz CT molecular complexity index is 706. The van der Waals surface area contributed by atoms with E-state index in [9.17, 15) is 21.6 Å². The van der Waals surface area contributed by atoms with Gasteiger partial charge in [0.15, 0.2) is 0 Å². The van der Waals surface area contributed by atoms with Gasteiger partial charge in [-0.1, -0.05) is 0 Å². The van der Waals surface area contributed by atoms with Crippen LogP contribution >= 0.6 is 0 Å². The molecule has 1 saturated heterocycles. The number of sulfonamides is 1. The molecule has 0 amide bonds. The van der Waals surface area contributed by atoms with Crippen molar-refractivity contribution >= 4 is 10.0 Å². The third-order valence-corrected chi connectivity index (χ3v) is 5.62. The average Bonchev–Trinajstić information content (AvgIpc) is 2.53. The molecule has 1 aliphatic rings. The standard InChI is InChI=1S/C14H16F3N3O3S/c1-11(10-18)19-6-8-20(9-7-19)24(21,22)13-4-2-12(3-5-13)23-14(15,16)17/h2-5,11H,6-9H2,1H3/t11-/m1/s1. The van der Waals surface area contributed by atoms with Gasteiger partial charge in [-0.3, -0.25) is 4.90 Å². The highest BCUT2D eigenvalue weighted by atomic mass is 32.2. The third kappa shape index (κ3) is 4.37. The molecule has 132 valence electrons. The predicted molar refractivity (Wildman–Crippen MR) is 78.5 cm³/mol. The molecule has 0 aliphatic carbocycles. The molecule has 0 radical (unpaired) electrons. The van der Waals surface area contributed by atoms with E-state index in [1.165, 1.54) is 4.31 Å². The molecule has 1 heterocycles. The second-order valence-electron chi connectivity index (χ2n) is 5.26. The van der Waals surface area contributed by atoms with Crippen LogP contribution in [-0.2, 0) is 10.0 Å². The van der Waals surface area contributed by atoms with Crippen molar-refractivity contribution in [1.29, 1.82) is 5.26 Å². The lowest BCUT2D eigenvalue weighted by molar-refractivity contribution is -0.274. The number of hydrogen-bond donors (Lipinski definition) is 0. The van der Waals surface area contributed by atoms with Crippen molar-refractivity contribution in [2.45, 2.75) is 24.2 Å². The van der Waals surface area contributed by atoms with Gasteiger partial charge >= 0.3 is 6.36 Å². The van der Waals surface area contributed by atoms with E-state index in [1.54, 1.807) is 6.92 Å². The van der Waals surface area contributed by atoms with Crippen LogP contribution in [0.3, 0.4) is 0 Å². The van der Waals surface area contributed by atoms with E-state index in [2.05, 4.69) is 10.8 Å². The van der Waals surface area contributed by atoms with Crippen LogP contribution in [0, 0.1) is 11.3 Å². The van der Waals surface area contributed by atoms with Crippen LogP contribution in [0.1, 0.15) is 6.92 Å². The fourth-order valence-electron chi connectivity index (χ4n) is 2.38. The zero-order valence-electron chi connectivity index (χ0n) is 12.8. The number of rotatable bonds is 4. The Morgan fingerprint density at radius 3 is 2.17 bits per heavy atom. The van der Waals surface area contributed by atoms with E-state index < -0.39 is 22.1 Å². The maximum absolute atomic E-state index is 12.5. The quantitative estimate of drug-likeness (QED) is 0.816. The summed E-state index contributed by atoms with van der Waals surface area (Å²) in [5.41, 5.74) is 0. The normalized spacial score (nSPS) is 18.8. The fourth-order valence-corrected chi connectivity index (χ4v) is 3.80. The predicted octanol–water partition coefficient (Wildman–Crippen LogP) is 1.80. The fraction of sp³-hybridized carbons (Fsp3) is 0.500. The molecule has 0 unspecified atom stereocenters. The van der Waals surface area contributed by atoms with Crippen molar-refractivity contribution in [2.75, 3.05) is 26.2 Å². The minimum Gasteiger partial charge on any atom is -0.406 e. The van der Waals surface area contributed by atoms with E-state index in [0.717, 1.165) is 24.3 Å². The second kappa shape index (κ2) is 6.96. The summed E-state index contributed by atoms with van der Waals surface area (Å²) in [6.45, 7) is 3.01. The number of alkyl halides is 3. The molecule has 1 aromatic rings. The third-order valence-electron chi connectivity index (χ3n) is 3.70. The first-order valence-corrected chi connectivity index (χ1v) is 8.57. The molecule has 0 aromatic heterocycles. The van der Waals surface area contributed by atoms with Gasteiger partial charge in [-0.05, 0) is 31.2 Å². The van der Waals surface area contributed by atoms with Crippen molar-refractivity contribution in [3.63, 3.8) is 0 Å². The molecule has 10 heteroatoms. The highest BCUT2D eigenvalue weighted by Gasteiger charge is 2.32. The first kappa shape index (κ1) is 18.5. The zero-order chi connectivity index (χ0) is 18.0. The number of nitrogens with zero attached hydrogens (tertiary/aromatic N) is 3. The van der Waals surface area contributed by atoms with E-state index in [1.807, 2.05) is 4.90 Å². The number of benzene rings is 1. The molecule has 0 bridgehead atoms. The van der Waals surface area contributed by atoms with Gasteiger partial charge in [0.1, 0.15) is 5.75 Å². The Labute approximate surface area is 138 Å². The van der Waals surface area contributed by atoms with Crippen LogP contribution in [0.25, 0.3) is 0 Å². The lowest BCUT2D eigenvalue weighted by Gasteiger charge is -2.35. The van der Waals surface area contributed by atoms with Gasteiger partial charge in [0.2, 0.25) is 10.0 Å². The van der Waals surface area contributed by atoms with Crippen LogP contribution < -0.4 is 4.74 Å². The Morgan fingerprint density at radius 2 is 1.71 bits per heavy atom. The maximum Gasteiger partial charge on any atom is 0.573 e. The maximum atomic E-state index is 12.5. The van der Waals surface area contributed by atoms with Gasteiger partial charge in [0, 0.05) is 26.2 Å². The molecular formula is C14H16F3N3O3S. The van der Waals surface area contributed by atoms with Gasteiger partial charge in [-0.25, -0.2) is 8.42 Å². The molecule has 1 aromatic carbocycles. The second-order valence-corrected chi connectivity index (χ2v) is 7.20. The molecule has 0 spiro atoms. The van der Waals surface area contributed by atoms with E-state index in [4.69, 9.17) is 5.26 Å². The Morgan fingerprint density at radius 1 is 1.17 bits per heavy atom. The smallest absolute Gasteiger partial charge is 0.406 e. The Balaban J connectivity index is 2.07. The SMILES string of the molecule is C[C@H](C#N)N1CCN(S(=O)(=O)c2ccc(OC(F)(F)F)cc2)CC1. The van der Waals surface area contributed by atoms with E-state index >= 15 is 0 Å². The van der Waals surface area contributed by atoms with E-state index in [-0.39, 0.29) is 24.0 Å². The highest BCUT2D eigenvalue weighted by molar-refractivity contribution is 7.89. The molecule has 24 heavy (non-hydrogen) atoms. The van der Waals surface area contributed by atoms with Crippen molar-refractivity contribution in [3.8, 4) is 11.8 Å². The number of ether oxygens (including phenoxy) is 1. The monoisotopic (exact) mass is 363 g/mol. The van der Waals surface area contributed by atoms with Gasteiger partial charge in [0.25, 0.3) is 0 Å². The van der Waals surface area contributed by atoms with Crippen molar-refractivity contribution in [1.82, 2.24) is 9.21 Å². The lowest BCUT2D eigenvalue weighted by Crippen LogP contribution is -2.50. The number of piperazine rings is 1. The van der Waals surface area contributed by atoms with Crippen molar-refractivity contribution < 1.29 is 26.3 Å². The molecule has 1 fully saturated rings. The molecule has 0 N–H and O–H groups in total. The van der Waals surface area contributed by atoms with Gasteiger partial charge in [-0.15, -0.1) is 13.2 Å². The summed E-state index contributed by atoms with van der Waals surface area (Å²) >= 11 is 0. The summed E-state index contributed by atoms with van der Waals surface area (Å²) in [5, 5.41) is 8.88. The molecular weight excluding hydrogens is 347 g/mol. The summed E-state index contributed by atoms with van der Waals surface area (Å²) < 4.78 is 66.4. The summed E-state index contributed by atoms with van der Waals surface area (Å²) in [7, 11) is -3.79. The van der Waals surface area contributed by atoms with Crippen LogP contribution in [0.5, 0.6) is 5.75 Å². The topological polar surface area (TPSA) is 73.6 Å². The summed E-state index contributed by atoms with van der Waals surface area (Å²) in [4.78, 5) is 1.77. The van der Waals surface area contributed by atoms with Crippen LogP contribution in [0.2, 0.25) is 0 Å². The first-order chi connectivity index (χ1) is 11.1. The van der Waals surface area contributed by atoms with E-state index in [0.29, 0.717) is 13.1 Å². The molecule has 0 saturated carbocycles. The van der Waals surface area contributed by atoms with Gasteiger partial charge < -0.3 is 4.74 Å². The van der Waals surface area contributed by atoms with Crippen LogP contribution in [0.4, 0.5) is 13.2 Å². The highest BCUT2D eigenvalue weighted by Crippen LogP contribution is 2.25. The molecule has 1 atom stereocenters. The van der Waals surface area contributed by atoms with Crippen LogP contribution in [0.15, 0.2) is 29.2 Å². The van der Waals surface area contributed by atoms with Crippen molar-refractivity contribution in [3.05, 3.63) is 24.3 Å². The average molecular weight is 363 g/mol. The lowest BCUT2D eigenvalue weighted by atomic mass is 10.2. The van der Waals surface area contributed by atoms with Gasteiger partial charge in [0.05, 0.1) is 17.0 Å². The number of halogens is 3. The van der Waals surface area contributed by atoms with Crippen LogP contribution in [-0.4, -0.2) is 56.2 Å². The number of nitriles is 1. The first-order valence-electron chi connectivity index (χ1n) is 7.13. The molecule has 1 aliphatic heterocycles. The Hall–Kier alpha value is -1.83. The molecule has 6 nitrogen and oxygen atoms in total. The zero-order valence-corrected chi connectivity index (χ0v) is 13.6. The summed E-state index contributed by atoms with van der Waals surface area (Å²) in [6, 6.07) is 5.90. The largest absolute Gasteiger partial charge is 0.573 e. The van der Waals surface area contributed by atoms with Crippen molar-refractivity contribution in [2.24, 2.45) is 0 Å². The summed E-state index contributed by atoms with van der Waals surface area (Å²) in [5.74, 6) is -0.478. The Kier molecular flexibility index (Phi) is 5.37. The van der Waals surface area contributed by atoms with Gasteiger partial charge in [-0.2, -0.15) is 9.57 Å². The minimum atomic E-state index is -4.83.